The Labute approximate surface area is 109 Å². The van der Waals surface area contributed by atoms with Crippen LogP contribution in [-0.2, 0) is 6.42 Å². The van der Waals surface area contributed by atoms with Crippen LogP contribution in [0.25, 0.3) is 0 Å². The highest BCUT2D eigenvalue weighted by molar-refractivity contribution is 6.31. The predicted molar refractivity (Wildman–Crippen MR) is 67.6 cm³/mol. The number of hydrogen-bond acceptors (Lipinski definition) is 2. The molecule has 0 radical (unpaired) electrons. The number of ketones is 1. The summed E-state index contributed by atoms with van der Waals surface area (Å²) in [6.07, 6.45) is -0.0642. The van der Waals surface area contributed by atoms with Crippen molar-refractivity contribution in [1.29, 1.82) is 0 Å². The van der Waals surface area contributed by atoms with Crippen molar-refractivity contribution in [3.63, 3.8) is 0 Å². The predicted octanol–water partition coefficient (Wildman–Crippen LogP) is 4.11. The van der Waals surface area contributed by atoms with Gasteiger partial charge in [0.2, 0.25) is 0 Å². The van der Waals surface area contributed by atoms with E-state index in [9.17, 15) is 9.18 Å². The average molecular weight is 267 g/mol. The molecule has 2 rings (SSSR count). The molecule has 0 amide bonds. The molecule has 1 heterocycles. The van der Waals surface area contributed by atoms with E-state index in [1.165, 1.54) is 12.1 Å². The van der Waals surface area contributed by atoms with Crippen molar-refractivity contribution >= 4 is 17.4 Å². The fourth-order valence-corrected chi connectivity index (χ4v) is 2.09. The van der Waals surface area contributed by atoms with Crippen LogP contribution in [0.3, 0.4) is 0 Å². The van der Waals surface area contributed by atoms with E-state index >= 15 is 0 Å². The van der Waals surface area contributed by atoms with Crippen molar-refractivity contribution in [2.45, 2.75) is 20.3 Å². The van der Waals surface area contributed by atoms with Crippen molar-refractivity contribution in [2.75, 3.05) is 0 Å². The lowest BCUT2D eigenvalue weighted by atomic mass is 10.0. The molecule has 1 aromatic heterocycles. The second-order valence-electron chi connectivity index (χ2n) is 4.13. The lowest BCUT2D eigenvalue weighted by Crippen LogP contribution is -2.06. The van der Waals surface area contributed by atoms with E-state index in [2.05, 4.69) is 0 Å². The fraction of sp³-hybridized carbons (Fsp3) is 0.214. The Morgan fingerprint density at radius 1 is 1.39 bits per heavy atom. The third-order valence-corrected chi connectivity index (χ3v) is 3.09. The lowest BCUT2D eigenvalue weighted by molar-refractivity contribution is 0.0990. The Morgan fingerprint density at radius 3 is 2.67 bits per heavy atom. The standard InChI is InChI=1S/C14H12ClFO2/c1-8-6-10(9(2)18-8)14(17)7-11-12(15)4-3-5-13(11)16/h3-6H,7H2,1-2H3. The topological polar surface area (TPSA) is 30.2 Å². The number of halogens is 2. The summed E-state index contributed by atoms with van der Waals surface area (Å²) < 4.78 is 18.9. The van der Waals surface area contributed by atoms with Crippen molar-refractivity contribution < 1.29 is 13.6 Å². The first-order chi connectivity index (χ1) is 8.49. The number of carbonyl (C=O) groups is 1. The van der Waals surface area contributed by atoms with Crippen molar-refractivity contribution in [2.24, 2.45) is 0 Å². The molecule has 0 aliphatic carbocycles. The summed E-state index contributed by atoms with van der Waals surface area (Å²) in [5.74, 6) is 0.547. The van der Waals surface area contributed by atoms with E-state index in [4.69, 9.17) is 16.0 Å². The third-order valence-electron chi connectivity index (χ3n) is 2.74. The second kappa shape index (κ2) is 4.94. The maximum atomic E-state index is 13.6. The molecule has 4 heteroatoms. The van der Waals surface area contributed by atoms with Gasteiger partial charge in [0.15, 0.2) is 5.78 Å². The first kappa shape index (κ1) is 12.8. The number of benzene rings is 1. The number of carbonyl (C=O) groups excluding carboxylic acids is 1. The first-order valence-electron chi connectivity index (χ1n) is 5.52. The molecule has 94 valence electrons. The van der Waals surface area contributed by atoms with Crippen LogP contribution in [0.2, 0.25) is 5.02 Å². The number of rotatable bonds is 3. The van der Waals surface area contributed by atoms with E-state index < -0.39 is 5.82 Å². The zero-order valence-electron chi connectivity index (χ0n) is 10.1. The van der Waals surface area contributed by atoms with Crippen LogP contribution >= 0.6 is 11.6 Å². The molecule has 0 aliphatic rings. The molecule has 2 nitrogen and oxygen atoms in total. The van der Waals surface area contributed by atoms with Crippen molar-refractivity contribution in [3.8, 4) is 0 Å². The quantitative estimate of drug-likeness (QED) is 0.783. The van der Waals surface area contributed by atoms with Crippen LogP contribution in [0.1, 0.15) is 27.4 Å². The summed E-state index contributed by atoms with van der Waals surface area (Å²) in [5.41, 5.74) is 0.703. The van der Waals surface area contributed by atoms with Gasteiger partial charge in [0.05, 0.1) is 5.56 Å². The van der Waals surface area contributed by atoms with E-state index in [1.807, 2.05) is 0 Å². The third kappa shape index (κ3) is 2.46. The number of Topliss-reactive ketones (excluding diaryl/α,β-unsaturated/α-hetero) is 1. The number of aryl methyl sites for hydroxylation is 2. The van der Waals surface area contributed by atoms with Gasteiger partial charge >= 0.3 is 0 Å². The Morgan fingerprint density at radius 2 is 2.11 bits per heavy atom. The summed E-state index contributed by atoms with van der Waals surface area (Å²) in [5, 5.41) is 0.265. The van der Waals surface area contributed by atoms with Crippen molar-refractivity contribution in [1.82, 2.24) is 0 Å². The Bertz CT molecular complexity index is 582. The van der Waals surface area contributed by atoms with E-state index in [-0.39, 0.29) is 22.8 Å². The largest absolute Gasteiger partial charge is 0.466 e. The molecule has 0 saturated heterocycles. The number of hydrogen-bond donors (Lipinski definition) is 0. The van der Waals surface area contributed by atoms with Gasteiger partial charge in [-0.15, -0.1) is 0 Å². The van der Waals surface area contributed by atoms with Crippen molar-refractivity contribution in [3.05, 3.63) is 57.8 Å². The van der Waals surface area contributed by atoms with Crippen LogP contribution in [0, 0.1) is 19.7 Å². The summed E-state index contributed by atoms with van der Waals surface area (Å²) in [7, 11) is 0. The Balaban J connectivity index is 2.30. The molecule has 0 fully saturated rings. The molecule has 0 aliphatic heterocycles. The van der Waals surface area contributed by atoms with Gasteiger partial charge in [-0.1, -0.05) is 17.7 Å². The van der Waals surface area contributed by atoms with Gasteiger partial charge in [-0.25, -0.2) is 4.39 Å². The molecular formula is C14H12ClFO2. The lowest BCUT2D eigenvalue weighted by Gasteiger charge is -2.04. The van der Waals surface area contributed by atoms with Crippen LogP contribution < -0.4 is 0 Å². The van der Waals surface area contributed by atoms with Crippen LogP contribution in [-0.4, -0.2) is 5.78 Å². The molecule has 0 saturated carbocycles. The summed E-state index contributed by atoms with van der Waals surface area (Å²) in [6.45, 7) is 3.48. The van der Waals surface area contributed by atoms with Gasteiger partial charge < -0.3 is 4.42 Å². The molecule has 0 bridgehead atoms. The molecular weight excluding hydrogens is 255 g/mol. The van der Waals surface area contributed by atoms with Crippen LogP contribution in [0.15, 0.2) is 28.7 Å². The average Bonchev–Trinajstić information content (AvgIpc) is 2.63. The zero-order chi connectivity index (χ0) is 13.3. The highest BCUT2D eigenvalue weighted by Crippen LogP contribution is 2.22. The summed E-state index contributed by atoms with van der Waals surface area (Å²) in [4.78, 5) is 12.1. The van der Waals surface area contributed by atoms with Crippen LogP contribution in [0.4, 0.5) is 4.39 Å². The minimum Gasteiger partial charge on any atom is -0.466 e. The Kier molecular flexibility index (Phi) is 3.53. The second-order valence-corrected chi connectivity index (χ2v) is 4.53. The van der Waals surface area contributed by atoms with E-state index in [0.717, 1.165) is 0 Å². The molecule has 1 aromatic carbocycles. The minimum atomic E-state index is -0.464. The maximum absolute atomic E-state index is 13.6. The summed E-state index contributed by atoms with van der Waals surface area (Å²) >= 11 is 5.89. The molecule has 18 heavy (non-hydrogen) atoms. The normalized spacial score (nSPS) is 10.7. The first-order valence-corrected chi connectivity index (χ1v) is 5.90. The molecule has 0 atom stereocenters. The van der Waals surface area contributed by atoms with Gasteiger partial charge in [0.25, 0.3) is 0 Å². The van der Waals surface area contributed by atoms with E-state index in [0.29, 0.717) is 17.1 Å². The van der Waals surface area contributed by atoms with Crippen LogP contribution in [0.5, 0.6) is 0 Å². The SMILES string of the molecule is Cc1cc(C(=O)Cc2c(F)cccc2Cl)c(C)o1. The molecule has 0 N–H and O–H groups in total. The van der Waals surface area contributed by atoms with Gasteiger partial charge in [-0.3, -0.25) is 4.79 Å². The maximum Gasteiger partial charge on any atom is 0.170 e. The van der Waals surface area contributed by atoms with Gasteiger partial charge in [-0.05, 0) is 32.0 Å². The van der Waals surface area contributed by atoms with Gasteiger partial charge in [0, 0.05) is 17.0 Å². The highest BCUT2D eigenvalue weighted by Gasteiger charge is 2.17. The minimum absolute atomic E-state index is 0.0642. The van der Waals surface area contributed by atoms with Gasteiger partial charge in [0.1, 0.15) is 17.3 Å². The highest BCUT2D eigenvalue weighted by atomic mass is 35.5. The summed E-state index contributed by atoms with van der Waals surface area (Å²) in [6, 6.07) is 6.04. The Hall–Kier alpha value is -1.61. The zero-order valence-corrected chi connectivity index (χ0v) is 10.8. The fourth-order valence-electron chi connectivity index (χ4n) is 1.86. The van der Waals surface area contributed by atoms with E-state index in [1.54, 1.807) is 26.0 Å². The number of furan rings is 1. The smallest absolute Gasteiger partial charge is 0.170 e. The molecule has 0 spiro atoms. The monoisotopic (exact) mass is 266 g/mol. The van der Waals surface area contributed by atoms with Gasteiger partial charge in [-0.2, -0.15) is 0 Å². The molecule has 0 unspecified atom stereocenters. The molecule has 2 aromatic rings.